The van der Waals surface area contributed by atoms with Gasteiger partial charge in [0.25, 0.3) is 5.91 Å². The number of carbonyl (C=O) groups is 2. The monoisotopic (exact) mass is 377 g/mol. The third kappa shape index (κ3) is 7.05. The van der Waals surface area contributed by atoms with Gasteiger partial charge in [-0.15, -0.1) is 0 Å². The number of nitrogens with zero attached hydrogens (tertiary/aromatic N) is 3. The van der Waals surface area contributed by atoms with Crippen LogP contribution in [0.25, 0.3) is 0 Å². The first kappa shape index (κ1) is 21.0. The third-order valence-electron chi connectivity index (χ3n) is 4.47. The molecule has 1 aromatic rings. The van der Waals surface area contributed by atoms with E-state index in [0.717, 1.165) is 38.0 Å². The molecule has 0 aromatic carbocycles. The lowest BCUT2D eigenvalue weighted by molar-refractivity contribution is 0.0860. The van der Waals surface area contributed by atoms with Gasteiger partial charge in [-0.1, -0.05) is 0 Å². The van der Waals surface area contributed by atoms with E-state index >= 15 is 0 Å². The average Bonchev–Trinajstić information content (AvgIpc) is 2.66. The van der Waals surface area contributed by atoms with Crippen LogP contribution < -0.4 is 10.6 Å². The summed E-state index contributed by atoms with van der Waals surface area (Å²) in [6, 6.07) is 1.88. The highest BCUT2D eigenvalue weighted by Crippen LogP contribution is 2.13. The molecule has 2 rings (SSSR count). The lowest BCUT2D eigenvalue weighted by atomic mass is 10.0. The van der Waals surface area contributed by atoms with Gasteiger partial charge in [0.2, 0.25) is 0 Å². The zero-order valence-corrected chi connectivity index (χ0v) is 16.5. The number of ether oxygens (including phenoxy) is 1. The predicted octanol–water partition coefficient (Wildman–Crippen LogP) is 1.80. The van der Waals surface area contributed by atoms with Gasteiger partial charge in [-0.3, -0.25) is 9.78 Å². The van der Waals surface area contributed by atoms with Gasteiger partial charge in [0.15, 0.2) is 0 Å². The second-order valence-corrected chi connectivity index (χ2v) is 6.98. The summed E-state index contributed by atoms with van der Waals surface area (Å²) in [5, 5.41) is 6.35. The predicted molar refractivity (Wildman–Crippen MR) is 105 cm³/mol. The van der Waals surface area contributed by atoms with Crippen molar-refractivity contribution < 1.29 is 14.3 Å². The summed E-state index contributed by atoms with van der Waals surface area (Å²) in [6.07, 6.45) is 5.49. The van der Waals surface area contributed by atoms with Gasteiger partial charge in [-0.25, -0.2) is 4.79 Å². The molecule has 0 unspecified atom stereocenters. The van der Waals surface area contributed by atoms with Crippen molar-refractivity contribution >= 4 is 17.7 Å². The molecule has 0 aliphatic carbocycles. The van der Waals surface area contributed by atoms with E-state index < -0.39 is 0 Å². The van der Waals surface area contributed by atoms with Crippen molar-refractivity contribution in [1.82, 2.24) is 20.1 Å². The maximum Gasteiger partial charge on any atom is 0.409 e. The van der Waals surface area contributed by atoms with Crippen LogP contribution in [0.3, 0.4) is 0 Å². The molecule has 0 atom stereocenters. The molecule has 1 aliphatic heterocycles. The zero-order valence-electron chi connectivity index (χ0n) is 16.5. The quantitative estimate of drug-likeness (QED) is 0.672. The Hall–Kier alpha value is -2.35. The van der Waals surface area contributed by atoms with Gasteiger partial charge in [-0.2, -0.15) is 0 Å². The van der Waals surface area contributed by atoms with Crippen LogP contribution >= 0.6 is 0 Å². The van der Waals surface area contributed by atoms with E-state index in [1.54, 1.807) is 24.2 Å². The summed E-state index contributed by atoms with van der Waals surface area (Å²) < 4.78 is 5.02. The normalized spacial score (nSPS) is 14.9. The van der Waals surface area contributed by atoms with Gasteiger partial charge in [0.1, 0.15) is 0 Å². The first-order chi connectivity index (χ1) is 13.0. The molecule has 0 radical (unpaired) electrons. The molecule has 2 amide bonds. The molecule has 0 bridgehead atoms. The summed E-state index contributed by atoms with van der Waals surface area (Å²) in [7, 11) is 4.09. The fraction of sp³-hybridized carbons (Fsp3) is 0.632. The van der Waals surface area contributed by atoms with E-state index in [9.17, 15) is 9.59 Å². The highest BCUT2D eigenvalue weighted by Gasteiger charge is 2.24. The van der Waals surface area contributed by atoms with E-state index in [-0.39, 0.29) is 18.0 Å². The standard InChI is InChI=1S/C19H31N5O3/c1-4-27-19(26)24-10-6-16(7-11-24)22-18(25)15-12-17(14-20-13-15)21-8-5-9-23(2)3/h12-14,16,21H,4-11H2,1-3H3,(H,22,25). The van der Waals surface area contributed by atoms with Crippen molar-refractivity contribution in [3.05, 3.63) is 24.0 Å². The van der Waals surface area contributed by atoms with E-state index in [0.29, 0.717) is 25.3 Å². The van der Waals surface area contributed by atoms with Crippen molar-refractivity contribution in [2.45, 2.75) is 32.2 Å². The van der Waals surface area contributed by atoms with Gasteiger partial charge in [0, 0.05) is 38.1 Å². The van der Waals surface area contributed by atoms with Crippen LogP contribution in [-0.4, -0.2) is 79.7 Å². The lowest BCUT2D eigenvalue weighted by Gasteiger charge is -2.31. The molecule has 0 spiro atoms. The fourth-order valence-corrected chi connectivity index (χ4v) is 2.98. The number of nitrogens with one attached hydrogen (secondary N) is 2. The third-order valence-corrected chi connectivity index (χ3v) is 4.47. The SMILES string of the molecule is CCOC(=O)N1CCC(NC(=O)c2cncc(NCCCN(C)C)c2)CC1. The first-order valence-electron chi connectivity index (χ1n) is 9.55. The number of aromatic nitrogens is 1. The molecule has 8 heteroatoms. The van der Waals surface area contributed by atoms with E-state index in [2.05, 4.69) is 20.5 Å². The Labute approximate surface area is 161 Å². The second-order valence-electron chi connectivity index (χ2n) is 6.98. The molecular weight excluding hydrogens is 346 g/mol. The largest absolute Gasteiger partial charge is 0.450 e. The van der Waals surface area contributed by atoms with Crippen molar-refractivity contribution in [1.29, 1.82) is 0 Å². The first-order valence-corrected chi connectivity index (χ1v) is 9.55. The number of hydrogen-bond acceptors (Lipinski definition) is 6. The number of pyridine rings is 1. The van der Waals surface area contributed by atoms with Crippen molar-refractivity contribution in [2.24, 2.45) is 0 Å². The number of rotatable bonds is 8. The molecular formula is C19H31N5O3. The van der Waals surface area contributed by atoms with Crippen LogP contribution in [-0.2, 0) is 4.74 Å². The summed E-state index contributed by atoms with van der Waals surface area (Å²) in [6.45, 7) is 5.19. The Morgan fingerprint density at radius 2 is 2.04 bits per heavy atom. The van der Waals surface area contributed by atoms with Crippen LogP contribution in [0.2, 0.25) is 0 Å². The Morgan fingerprint density at radius 3 is 2.70 bits per heavy atom. The second kappa shape index (κ2) is 10.7. The maximum absolute atomic E-state index is 12.5. The number of hydrogen-bond donors (Lipinski definition) is 2. The van der Waals surface area contributed by atoms with Crippen molar-refractivity contribution in [2.75, 3.05) is 52.2 Å². The summed E-state index contributed by atoms with van der Waals surface area (Å²) in [5.41, 5.74) is 1.39. The minimum atomic E-state index is -0.278. The minimum Gasteiger partial charge on any atom is -0.450 e. The molecule has 1 saturated heterocycles. The summed E-state index contributed by atoms with van der Waals surface area (Å²) in [4.78, 5) is 32.2. The van der Waals surface area contributed by atoms with Crippen LogP contribution in [0.1, 0.15) is 36.5 Å². The number of carbonyl (C=O) groups excluding carboxylic acids is 2. The summed E-state index contributed by atoms with van der Waals surface area (Å²) in [5.74, 6) is -0.131. The van der Waals surface area contributed by atoms with Crippen molar-refractivity contribution in [3.63, 3.8) is 0 Å². The average molecular weight is 377 g/mol. The molecule has 0 saturated carbocycles. The van der Waals surface area contributed by atoms with E-state index in [1.807, 2.05) is 20.2 Å². The molecule has 1 aromatic heterocycles. The van der Waals surface area contributed by atoms with Crippen LogP contribution in [0.15, 0.2) is 18.5 Å². The van der Waals surface area contributed by atoms with Gasteiger partial charge < -0.3 is 25.2 Å². The molecule has 8 nitrogen and oxygen atoms in total. The molecule has 1 aliphatic rings. The maximum atomic E-state index is 12.5. The Morgan fingerprint density at radius 1 is 1.30 bits per heavy atom. The van der Waals surface area contributed by atoms with Gasteiger partial charge in [-0.05, 0) is 52.9 Å². The molecule has 150 valence electrons. The zero-order chi connectivity index (χ0) is 19.6. The number of piperidine rings is 1. The number of anilines is 1. The van der Waals surface area contributed by atoms with Crippen LogP contribution in [0.4, 0.5) is 10.5 Å². The van der Waals surface area contributed by atoms with Crippen molar-refractivity contribution in [3.8, 4) is 0 Å². The van der Waals surface area contributed by atoms with Crippen LogP contribution in [0.5, 0.6) is 0 Å². The Kier molecular flexibility index (Phi) is 8.32. The fourth-order valence-electron chi connectivity index (χ4n) is 2.98. The summed E-state index contributed by atoms with van der Waals surface area (Å²) >= 11 is 0. The lowest BCUT2D eigenvalue weighted by Crippen LogP contribution is -2.46. The molecule has 27 heavy (non-hydrogen) atoms. The van der Waals surface area contributed by atoms with Gasteiger partial charge >= 0.3 is 6.09 Å². The highest BCUT2D eigenvalue weighted by atomic mass is 16.6. The van der Waals surface area contributed by atoms with E-state index in [4.69, 9.17) is 4.74 Å². The topological polar surface area (TPSA) is 86.8 Å². The molecule has 1 fully saturated rings. The number of likely N-dealkylation sites (tertiary alicyclic amines) is 1. The highest BCUT2D eigenvalue weighted by molar-refractivity contribution is 5.94. The Balaban J connectivity index is 1.79. The van der Waals surface area contributed by atoms with E-state index in [1.165, 1.54) is 0 Å². The molecule has 2 heterocycles. The number of amides is 2. The van der Waals surface area contributed by atoms with Crippen LogP contribution in [0, 0.1) is 0 Å². The minimum absolute atomic E-state index is 0.0554. The Bertz CT molecular complexity index is 615. The molecule has 2 N–H and O–H groups in total. The smallest absolute Gasteiger partial charge is 0.409 e. The van der Waals surface area contributed by atoms with Gasteiger partial charge in [0.05, 0.1) is 17.9 Å².